The Morgan fingerprint density at radius 2 is 1.94 bits per heavy atom. The number of nitrogens with one attached hydrogen (secondary N) is 2. The van der Waals surface area contributed by atoms with Gasteiger partial charge in [-0.3, -0.25) is 4.79 Å². The molecule has 0 aliphatic carbocycles. The summed E-state index contributed by atoms with van der Waals surface area (Å²) in [5, 5.41) is 13.0. The largest absolute Gasteiger partial charge is 0.507 e. The second kappa shape index (κ2) is 7.43. The van der Waals surface area contributed by atoms with Crippen LogP contribution in [0.1, 0.15) is 16.1 Å². The zero-order chi connectivity index (χ0) is 22.3. The molecule has 0 aliphatic heterocycles. The number of nitrogen functional groups attached to an aromatic ring is 1. The van der Waals surface area contributed by atoms with Crippen LogP contribution in [0.15, 0.2) is 42.6 Å². The van der Waals surface area contributed by atoms with Crippen molar-refractivity contribution in [1.82, 2.24) is 19.9 Å². The zero-order valence-electron chi connectivity index (χ0n) is 15.3. The first-order chi connectivity index (χ1) is 14.6. The quantitative estimate of drug-likeness (QED) is 0.274. The van der Waals surface area contributed by atoms with Gasteiger partial charge in [0, 0.05) is 11.8 Å². The summed E-state index contributed by atoms with van der Waals surface area (Å²) in [6, 6.07) is 7.33. The number of fused-ring (bicyclic) bond motifs is 1. The Morgan fingerprint density at radius 1 is 1.16 bits per heavy atom. The molecule has 31 heavy (non-hydrogen) atoms. The number of hydrogen-bond acceptors (Lipinski definition) is 6. The Kier molecular flexibility index (Phi) is 4.90. The monoisotopic (exact) mass is 448 g/mol. The standard InChI is InChI=1S/C19H12ClF3N6O2/c20-15-6-11-12(7-25-15)28-17(27-11)10-5-8(1-3-13(10)30)26-18(31)9-2-4-14(19(21,22)23)29-16(9)24/h1-7,30H,(H2,24,29)(H,26,31)(H,27,28). The van der Waals surface area contributed by atoms with Crippen LogP contribution < -0.4 is 11.1 Å². The number of H-pyrrole nitrogens is 1. The number of aromatic amines is 1. The molecule has 5 N–H and O–H groups in total. The molecule has 12 heteroatoms. The Bertz CT molecular complexity index is 1320. The number of carbonyl (C=O) groups is 1. The highest BCUT2D eigenvalue weighted by Crippen LogP contribution is 2.32. The molecule has 0 aliphatic rings. The molecule has 0 atom stereocenters. The number of halogens is 4. The number of nitrogens with zero attached hydrogens (tertiary/aromatic N) is 3. The molecule has 4 rings (SSSR count). The lowest BCUT2D eigenvalue weighted by Crippen LogP contribution is -2.17. The summed E-state index contributed by atoms with van der Waals surface area (Å²) < 4.78 is 38.2. The highest BCUT2D eigenvalue weighted by molar-refractivity contribution is 6.29. The maximum atomic E-state index is 12.7. The summed E-state index contributed by atoms with van der Waals surface area (Å²) >= 11 is 5.85. The van der Waals surface area contributed by atoms with Crippen molar-refractivity contribution in [3.05, 3.63) is 59.0 Å². The summed E-state index contributed by atoms with van der Waals surface area (Å²) in [4.78, 5) is 27.0. The number of benzene rings is 1. The number of aromatic hydroxyl groups is 1. The van der Waals surface area contributed by atoms with Gasteiger partial charge in [-0.2, -0.15) is 13.2 Å². The minimum Gasteiger partial charge on any atom is -0.507 e. The molecule has 0 bridgehead atoms. The number of imidazole rings is 1. The van der Waals surface area contributed by atoms with Gasteiger partial charge in [0.05, 0.1) is 28.4 Å². The van der Waals surface area contributed by atoms with Crippen molar-refractivity contribution in [2.24, 2.45) is 0 Å². The molecule has 3 aromatic heterocycles. The molecule has 0 saturated heterocycles. The lowest BCUT2D eigenvalue weighted by Gasteiger charge is -2.11. The summed E-state index contributed by atoms with van der Waals surface area (Å²) in [5.41, 5.74) is 5.71. The molecular formula is C19H12ClF3N6O2. The molecule has 4 aromatic rings. The van der Waals surface area contributed by atoms with Gasteiger partial charge in [0.1, 0.15) is 28.2 Å². The first kappa shape index (κ1) is 20.4. The van der Waals surface area contributed by atoms with Gasteiger partial charge in [-0.1, -0.05) is 11.6 Å². The number of amides is 1. The predicted octanol–water partition coefficient (Wildman–Crippen LogP) is 4.23. The van der Waals surface area contributed by atoms with Gasteiger partial charge in [0.15, 0.2) is 0 Å². The number of anilines is 2. The van der Waals surface area contributed by atoms with E-state index < -0.39 is 23.6 Å². The van der Waals surface area contributed by atoms with Crippen LogP contribution in [0.5, 0.6) is 5.75 Å². The molecule has 3 heterocycles. The Hall–Kier alpha value is -3.86. The molecule has 0 fully saturated rings. The second-order valence-electron chi connectivity index (χ2n) is 6.42. The molecule has 0 radical (unpaired) electrons. The van der Waals surface area contributed by atoms with E-state index >= 15 is 0 Å². The van der Waals surface area contributed by atoms with E-state index in [-0.39, 0.29) is 27.7 Å². The van der Waals surface area contributed by atoms with Crippen molar-refractivity contribution in [3.63, 3.8) is 0 Å². The third-order valence-corrected chi connectivity index (χ3v) is 4.51. The van der Waals surface area contributed by atoms with Gasteiger partial charge in [0.25, 0.3) is 5.91 Å². The van der Waals surface area contributed by atoms with E-state index in [2.05, 4.69) is 25.3 Å². The first-order valence-corrected chi connectivity index (χ1v) is 8.99. The molecular weight excluding hydrogens is 437 g/mol. The van der Waals surface area contributed by atoms with Gasteiger partial charge in [-0.15, -0.1) is 0 Å². The van der Waals surface area contributed by atoms with Crippen molar-refractivity contribution >= 4 is 40.0 Å². The van der Waals surface area contributed by atoms with Crippen LogP contribution in [0, 0.1) is 0 Å². The highest BCUT2D eigenvalue weighted by atomic mass is 35.5. The van der Waals surface area contributed by atoms with E-state index in [1.807, 2.05) is 0 Å². The number of carbonyl (C=O) groups excluding carboxylic acids is 1. The van der Waals surface area contributed by atoms with Crippen LogP contribution in [0.25, 0.3) is 22.4 Å². The van der Waals surface area contributed by atoms with E-state index in [4.69, 9.17) is 17.3 Å². The summed E-state index contributed by atoms with van der Waals surface area (Å²) in [5.74, 6) is -1.15. The van der Waals surface area contributed by atoms with Gasteiger partial charge in [0.2, 0.25) is 0 Å². The molecule has 1 amide bonds. The average molecular weight is 449 g/mol. The number of pyridine rings is 2. The van der Waals surface area contributed by atoms with E-state index in [0.717, 1.165) is 6.07 Å². The lowest BCUT2D eigenvalue weighted by molar-refractivity contribution is -0.141. The van der Waals surface area contributed by atoms with E-state index in [1.54, 1.807) is 6.07 Å². The van der Waals surface area contributed by atoms with E-state index in [0.29, 0.717) is 22.9 Å². The maximum absolute atomic E-state index is 12.7. The maximum Gasteiger partial charge on any atom is 0.433 e. The van der Waals surface area contributed by atoms with Crippen molar-refractivity contribution in [3.8, 4) is 17.1 Å². The molecule has 0 saturated carbocycles. The van der Waals surface area contributed by atoms with Gasteiger partial charge in [-0.25, -0.2) is 15.0 Å². The van der Waals surface area contributed by atoms with Crippen molar-refractivity contribution < 1.29 is 23.1 Å². The number of alkyl halides is 3. The predicted molar refractivity (Wildman–Crippen MR) is 108 cm³/mol. The molecule has 158 valence electrons. The normalized spacial score (nSPS) is 11.6. The molecule has 1 aromatic carbocycles. The number of phenolic OH excluding ortho intramolecular Hbond substituents is 1. The fourth-order valence-corrected chi connectivity index (χ4v) is 2.99. The zero-order valence-corrected chi connectivity index (χ0v) is 16.1. The van der Waals surface area contributed by atoms with E-state index in [9.17, 15) is 23.1 Å². The third-order valence-electron chi connectivity index (χ3n) is 4.30. The van der Waals surface area contributed by atoms with Crippen LogP contribution in [-0.4, -0.2) is 30.9 Å². The summed E-state index contributed by atoms with van der Waals surface area (Å²) in [7, 11) is 0. The lowest BCUT2D eigenvalue weighted by atomic mass is 10.1. The van der Waals surface area contributed by atoms with Crippen LogP contribution in [-0.2, 0) is 6.18 Å². The number of hydrogen-bond donors (Lipinski definition) is 4. The van der Waals surface area contributed by atoms with Crippen molar-refractivity contribution in [1.29, 1.82) is 0 Å². The highest BCUT2D eigenvalue weighted by Gasteiger charge is 2.33. The fraction of sp³-hybridized carbons (Fsp3) is 0.0526. The number of aromatic nitrogens is 4. The van der Waals surface area contributed by atoms with E-state index in [1.165, 1.54) is 24.4 Å². The minimum absolute atomic E-state index is 0.119. The van der Waals surface area contributed by atoms with Crippen LogP contribution in [0.4, 0.5) is 24.7 Å². The third kappa shape index (κ3) is 4.08. The summed E-state index contributed by atoms with van der Waals surface area (Å²) in [6.07, 6.45) is -3.20. The van der Waals surface area contributed by atoms with Gasteiger partial charge < -0.3 is 21.1 Å². The minimum atomic E-state index is -4.68. The topological polar surface area (TPSA) is 130 Å². The van der Waals surface area contributed by atoms with Crippen LogP contribution >= 0.6 is 11.6 Å². The number of rotatable bonds is 3. The van der Waals surface area contributed by atoms with Crippen molar-refractivity contribution in [2.45, 2.75) is 6.18 Å². The summed E-state index contributed by atoms with van der Waals surface area (Å²) in [6.45, 7) is 0. The molecule has 8 nitrogen and oxygen atoms in total. The molecule has 0 unspecified atom stereocenters. The van der Waals surface area contributed by atoms with Crippen molar-refractivity contribution in [2.75, 3.05) is 11.1 Å². The fourth-order valence-electron chi connectivity index (χ4n) is 2.84. The van der Waals surface area contributed by atoms with Gasteiger partial charge in [-0.05, 0) is 30.3 Å². The molecule has 0 spiro atoms. The number of nitrogens with two attached hydrogens (primary N) is 1. The smallest absolute Gasteiger partial charge is 0.433 e. The number of phenols is 1. The van der Waals surface area contributed by atoms with Gasteiger partial charge >= 0.3 is 6.18 Å². The Morgan fingerprint density at radius 3 is 2.65 bits per heavy atom. The SMILES string of the molecule is Nc1nc(C(F)(F)F)ccc1C(=O)Nc1ccc(O)c(-c2nc3cc(Cl)ncc3[nH]2)c1. The Labute approximate surface area is 176 Å². The van der Waals surface area contributed by atoms with Crippen LogP contribution in [0.3, 0.4) is 0 Å². The average Bonchev–Trinajstić information content (AvgIpc) is 3.11. The van der Waals surface area contributed by atoms with Crippen LogP contribution in [0.2, 0.25) is 5.15 Å². The first-order valence-electron chi connectivity index (χ1n) is 8.61. The Balaban J connectivity index is 1.63. The second-order valence-corrected chi connectivity index (χ2v) is 6.81.